The summed E-state index contributed by atoms with van der Waals surface area (Å²) in [5, 5.41) is 8.78. The van der Waals surface area contributed by atoms with Gasteiger partial charge in [0, 0.05) is 6.42 Å². The normalized spacial score (nSPS) is 12.7. The highest BCUT2D eigenvalue weighted by Crippen LogP contribution is 2.14. The van der Waals surface area contributed by atoms with Crippen LogP contribution in [0.4, 0.5) is 0 Å². The molecule has 0 bridgehead atoms. The molecular formula is C22H41ClO2. The molecule has 0 radical (unpaired) electrons. The molecule has 0 aliphatic carbocycles. The molecule has 0 rings (SSSR count). The van der Waals surface area contributed by atoms with Gasteiger partial charge in [0.25, 0.3) is 0 Å². The Kier molecular flexibility index (Phi) is 19.4. The Hall–Kier alpha value is -0.500. The van der Waals surface area contributed by atoms with Crippen LogP contribution >= 0.6 is 11.6 Å². The van der Waals surface area contributed by atoms with Crippen molar-refractivity contribution in [1.82, 2.24) is 0 Å². The lowest BCUT2D eigenvalue weighted by Gasteiger charge is -2.04. The predicted octanol–water partition coefficient (Wildman–Crippen LogP) is 7.89. The van der Waals surface area contributed by atoms with Gasteiger partial charge in [-0.25, -0.2) is 0 Å². The van der Waals surface area contributed by atoms with Gasteiger partial charge in [-0.2, -0.15) is 0 Å². The number of allylic oxidation sites excluding steroid dienone is 2. The molecule has 25 heavy (non-hydrogen) atoms. The monoisotopic (exact) mass is 372 g/mol. The number of hydrogen-bond donors (Lipinski definition) is 1. The van der Waals surface area contributed by atoms with Crippen LogP contribution in [0, 0.1) is 0 Å². The van der Waals surface area contributed by atoms with Crippen LogP contribution < -0.4 is 0 Å². The Balaban J connectivity index is 3.22. The van der Waals surface area contributed by atoms with Gasteiger partial charge in [0.15, 0.2) is 0 Å². The average molecular weight is 373 g/mol. The zero-order valence-corrected chi connectivity index (χ0v) is 17.2. The molecule has 0 saturated heterocycles. The van der Waals surface area contributed by atoms with Gasteiger partial charge in [-0.15, -0.1) is 11.6 Å². The summed E-state index contributed by atoms with van der Waals surface area (Å²) < 4.78 is 0. The van der Waals surface area contributed by atoms with Gasteiger partial charge in [0.2, 0.25) is 0 Å². The maximum absolute atomic E-state index is 10.4. The molecule has 0 aromatic carbocycles. The lowest BCUT2D eigenvalue weighted by atomic mass is 10.1. The summed E-state index contributed by atoms with van der Waals surface area (Å²) in [6.07, 6.45) is 24.5. The number of aliphatic carboxylic acids is 1. The van der Waals surface area contributed by atoms with Crippen LogP contribution in [0.5, 0.6) is 0 Å². The van der Waals surface area contributed by atoms with Gasteiger partial charge in [-0.3, -0.25) is 4.79 Å². The summed E-state index contributed by atoms with van der Waals surface area (Å²) >= 11 is 6.33. The molecule has 0 aromatic heterocycles. The second-order valence-corrected chi connectivity index (χ2v) is 7.82. The van der Waals surface area contributed by atoms with Crippen molar-refractivity contribution < 1.29 is 9.90 Å². The maximum Gasteiger partial charge on any atom is 0.303 e. The van der Waals surface area contributed by atoms with Crippen LogP contribution in [0.2, 0.25) is 0 Å². The molecule has 0 aliphatic rings. The highest BCUT2D eigenvalue weighted by atomic mass is 35.5. The zero-order chi connectivity index (χ0) is 18.6. The van der Waals surface area contributed by atoms with Crippen molar-refractivity contribution in [3.05, 3.63) is 12.2 Å². The van der Waals surface area contributed by atoms with Crippen LogP contribution in [0.3, 0.4) is 0 Å². The van der Waals surface area contributed by atoms with Crippen LogP contribution in [0.15, 0.2) is 12.2 Å². The van der Waals surface area contributed by atoms with E-state index in [0.29, 0.717) is 6.42 Å². The summed E-state index contributed by atoms with van der Waals surface area (Å²) in [6.45, 7) is 2.25. The lowest BCUT2D eigenvalue weighted by molar-refractivity contribution is -0.137. The minimum Gasteiger partial charge on any atom is -0.481 e. The summed E-state index contributed by atoms with van der Waals surface area (Å²) in [5.74, 6) is -0.665. The predicted molar refractivity (Wildman–Crippen MR) is 111 cm³/mol. The minimum atomic E-state index is -0.665. The molecule has 0 aromatic rings. The summed E-state index contributed by atoms with van der Waals surface area (Å²) in [5.41, 5.74) is 0. The van der Waals surface area contributed by atoms with E-state index >= 15 is 0 Å². The minimum absolute atomic E-state index is 0.225. The number of halogens is 1. The molecule has 2 nitrogen and oxygen atoms in total. The Morgan fingerprint density at radius 2 is 1.36 bits per heavy atom. The first kappa shape index (κ1) is 24.5. The smallest absolute Gasteiger partial charge is 0.303 e. The number of carboxylic acid groups (broad SMARTS) is 1. The molecule has 0 aliphatic heterocycles. The van der Waals surface area contributed by atoms with Crippen molar-refractivity contribution >= 4 is 17.6 Å². The van der Waals surface area contributed by atoms with Gasteiger partial charge < -0.3 is 5.11 Å². The molecule has 1 unspecified atom stereocenters. The third kappa shape index (κ3) is 21.5. The fourth-order valence-electron chi connectivity index (χ4n) is 3.06. The molecule has 0 heterocycles. The van der Waals surface area contributed by atoms with E-state index in [0.717, 1.165) is 25.7 Å². The summed E-state index contributed by atoms with van der Waals surface area (Å²) in [6, 6.07) is 0. The second-order valence-electron chi connectivity index (χ2n) is 7.26. The molecule has 0 spiro atoms. The third-order valence-electron chi connectivity index (χ3n) is 4.69. The van der Waals surface area contributed by atoms with E-state index in [4.69, 9.17) is 16.7 Å². The SMILES string of the molecule is CCCCCCCC(Cl)/C=C/CCCCCCCCCCCC(=O)O. The molecule has 0 saturated carbocycles. The number of carboxylic acids is 1. The van der Waals surface area contributed by atoms with Gasteiger partial charge in [0.1, 0.15) is 0 Å². The quantitative estimate of drug-likeness (QED) is 0.142. The molecule has 148 valence electrons. The second kappa shape index (κ2) is 19.8. The van der Waals surface area contributed by atoms with E-state index in [9.17, 15) is 4.79 Å². The van der Waals surface area contributed by atoms with Crippen molar-refractivity contribution in [1.29, 1.82) is 0 Å². The highest BCUT2D eigenvalue weighted by Gasteiger charge is 1.99. The van der Waals surface area contributed by atoms with Gasteiger partial charge in [-0.05, 0) is 25.7 Å². The van der Waals surface area contributed by atoms with Crippen molar-refractivity contribution in [2.45, 2.75) is 121 Å². The topological polar surface area (TPSA) is 37.3 Å². The molecule has 1 atom stereocenters. The number of alkyl halides is 1. The van der Waals surface area contributed by atoms with E-state index in [2.05, 4.69) is 19.1 Å². The number of unbranched alkanes of at least 4 members (excludes halogenated alkanes) is 13. The van der Waals surface area contributed by atoms with E-state index in [1.165, 1.54) is 77.0 Å². The van der Waals surface area contributed by atoms with Gasteiger partial charge >= 0.3 is 5.97 Å². The van der Waals surface area contributed by atoms with Crippen LogP contribution in [0.25, 0.3) is 0 Å². The number of hydrogen-bond acceptors (Lipinski definition) is 1. The Morgan fingerprint density at radius 1 is 0.840 bits per heavy atom. The Bertz CT molecular complexity index is 315. The van der Waals surface area contributed by atoms with E-state index in [1.807, 2.05) is 0 Å². The Morgan fingerprint density at radius 3 is 1.96 bits per heavy atom. The lowest BCUT2D eigenvalue weighted by Crippen LogP contribution is -1.93. The molecule has 0 fully saturated rings. The first-order valence-electron chi connectivity index (χ1n) is 10.7. The van der Waals surface area contributed by atoms with Crippen molar-refractivity contribution in [2.75, 3.05) is 0 Å². The summed E-state index contributed by atoms with van der Waals surface area (Å²) in [4.78, 5) is 10.4. The highest BCUT2D eigenvalue weighted by molar-refractivity contribution is 6.21. The van der Waals surface area contributed by atoms with E-state index in [1.54, 1.807) is 0 Å². The fraction of sp³-hybridized carbons (Fsp3) is 0.864. The van der Waals surface area contributed by atoms with Crippen molar-refractivity contribution in [3.63, 3.8) is 0 Å². The fourth-order valence-corrected chi connectivity index (χ4v) is 3.32. The maximum atomic E-state index is 10.4. The first-order chi connectivity index (χ1) is 12.2. The standard InChI is InChI=1S/C22H41ClO2/c1-2-3-4-12-15-18-21(23)19-16-13-10-8-6-5-7-9-11-14-17-20-22(24)25/h16,19,21H,2-15,17-18,20H2,1H3,(H,24,25)/b19-16+. The van der Waals surface area contributed by atoms with Gasteiger partial charge in [0.05, 0.1) is 5.38 Å². The van der Waals surface area contributed by atoms with Gasteiger partial charge in [-0.1, -0.05) is 96.1 Å². The van der Waals surface area contributed by atoms with E-state index < -0.39 is 5.97 Å². The third-order valence-corrected chi connectivity index (χ3v) is 5.05. The van der Waals surface area contributed by atoms with Crippen LogP contribution in [-0.2, 0) is 4.79 Å². The average Bonchev–Trinajstić information content (AvgIpc) is 2.58. The Labute approximate surface area is 161 Å². The first-order valence-corrected chi connectivity index (χ1v) is 11.1. The number of carbonyl (C=O) groups is 1. The molecular weight excluding hydrogens is 332 g/mol. The van der Waals surface area contributed by atoms with Crippen LogP contribution in [0.1, 0.15) is 116 Å². The summed E-state index contributed by atoms with van der Waals surface area (Å²) in [7, 11) is 0. The zero-order valence-electron chi connectivity index (χ0n) is 16.5. The largest absolute Gasteiger partial charge is 0.481 e. The molecule has 1 N–H and O–H groups in total. The van der Waals surface area contributed by atoms with Crippen molar-refractivity contribution in [2.24, 2.45) is 0 Å². The molecule has 0 amide bonds. The number of rotatable bonds is 19. The molecule has 3 heteroatoms. The van der Waals surface area contributed by atoms with Crippen molar-refractivity contribution in [3.8, 4) is 0 Å². The van der Waals surface area contributed by atoms with Crippen LogP contribution in [-0.4, -0.2) is 16.5 Å². The van der Waals surface area contributed by atoms with E-state index in [-0.39, 0.29) is 5.38 Å².